The van der Waals surface area contributed by atoms with Gasteiger partial charge in [0.2, 0.25) is 0 Å². The topological polar surface area (TPSA) is 150 Å². The van der Waals surface area contributed by atoms with Crippen molar-refractivity contribution in [2.45, 2.75) is 22.5 Å². The summed E-state index contributed by atoms with van der Waals surface area (Å²) in [6, 6.07) is 22.2. The highest BCUT2D eigenvalue weighted by molar-refractivity contribution is 7.99. The average molecular weight is 780 g/mol. The van der Waals surface area contributed by atoms with Gasteiger partial charge in [-0.05, 0) is 60.2 Å². The molecule has 17 heteroatoms. The minimum Gasteiger partial charge on any atom is -0.506 e. The molecular weight excluding hydrogens is 744 g/mol. The summed E-state index contributed by atoms with van der Waals surface area (Å²) in [5.41, 5.74) is 0.849. The van der Waals surface area contributed by atoms with Crippen LogP contribution in [-0.4, -0.2) is 85.1 Å². The lowest BCUT2D eigenvalue weighted by molar-refractivity contribution is -0.137. The first kappa shape index (κ1) is 38.3. The molecule has 3 heterocycles. The molecule has 0 bridgehead atoms. The van der Waals surface area contributed by atoms with E-state index in [4.69, 9.17) is 4.74 Å². The van der Waals surface area contributed by atoms with Crippen LogP contribution in [0.1, 0.15) is 21.6 Å². The van der Waals surface area contributed by atoms with Crippen molar-refractivity contribution < 1.29 is 36.2 Å². The summed E-state index contributed by atoms with van der Waals surface area (Å²) >= 11 is 1.46. The molecule has 1 aliphatic heterocycles. The fraction of sp³-hybridized carbons (Fsp3) is 0.243. The summed E-state index contributed by atoms with van der Waals surface area (Å²) in [6.45, 7) is 3.40. The van der Waals surface area contributed by atoms with Gasteiger partial charge >= 0.3 is 6.18 Å². The number of alkyl halides is 3. The van der Waals surface area contributed by atoms with Crippen molar-refractivity contribution in [1.82, 2.24) is 24.8 Å². The highest BCUT2D eigenvalue weighted by atomic mass is 32.2. The van der Waals surface area contributed by atoms with Crippen LogP contribution in [0, 0.1) is 0 Å². The third-order valence-electron chi connectivity index (χ3n) is 8.58. The van der Waals surface area contributed by atoms with Gasteiger partial charge in [-0.2, -0.15) is 13.2 Å². The first-order chi connectivity index (χ1) is 25.9. The third-order valence-corrected chi connectivity index (χ3v) is 10.9. The fourth-order valence-corrected chi connectivity index (χ4v) is 7.59. The molecular formula is C37H36F3N7O5S2. The number of benzene rings is 3. The number of rotatable bonds is 13. The molecule has 1 aliphatic rings. The highest BCUT2D eigenvalue weighted by Gasteiger charge is 2.35. The van der Waals surface area contributed by atoms with E-state index in [2.05, 4.69) is 25.4 Å². The Hall–Kier alpha value is -5.39. The number of piperazine rings is 1. The summed E-state index contributed by atoms with van der Waals surface area (Å²) in [4.78, 5) is 21.4. The maximum Gasteiger partial charge on any atom is 0.418 e. The number of halogens is 3. The van der Waals surface area contributed by atoms with Crippen LogP contribution in [0.4, 0.5) is 24.7 Å². The Morgan fingerprint density at radius 2 is 1.70 bits per heavy atom. The Balaban J connectivity index is 1.03. The molecule has 1 amide bonds. The fourth-order valence-electron chi connectivity index (χ4n) is 5.82. The zero-order valence-corrected chi connectivity index (χ0v) is 30.6. The molecule has 5 aromatic rings. The van der Waals surface area contributed by atoms with Gasteiger partial charge in [-0.3, -0.25) is 14.7 Å². The molecule has 3 aromatic carbocycles. The molecule has 0 atom stereocenters. The van der Waals surface area contributed by atoms with Gasteiger partial charge in [0.05, 0.1) is 23.8 Å². The smallest absolute Gasteiger partial charge is 0.418 e. The van der Waals surface area contributed by atoms with Crippen molar-refractivity contribution in [2.24, 2.45) is 0 Å². The zero-order valence-electron chi connectivity index (χ0n) is 29.0. The standard InChI is InChI=1S/C37H36F3N7O5S2/c1-52-34-20-25(27-19-28(48)23-41-22-27)7-8-26(34)24-46-14-16-47(17-15-46)35-12-11-33(43-44-35)36(49)45-54(50,51)30-9-10-32(31(21-30)37(38,39)40)42-13-18-53-29-5-3-2-4-6-29/h2-12,19-23,42,48H,13-18,24H2,1H3,(H,45,49). The van der Waals surface area contributed by atoms with Gasteiger partial charge < -0.3 is 20.1 Å². The van der Waals surface area contributed by atoms with Gasteiger partial charge in [0.15, 0.2) is 11.5 Å². The number of aromatic nitrogens is 3. The number of nitrogens with one attached hydrogen (secondary N) is 2. The van der Waals surface area contributed by atoms with Crippen LogP contribution in [-0.2, 0) is 22.7 Å². The Labute approximate surface area is 314 Å². The van der Waals surface area contributed by atoms with Gasteiger partial charge in [0.1, 0.15) is 11.5 Å². The lowest BCUT2D eigenvalue weighted by atomic mass is 10.0. The minimum absolute atomic E-state index is 0.0744. The maximum atomic E-state index is 14.0. The highest BCUT2D eigenvalue weighted by Crippen LogP contribution is 2.36. The van der Waals surface area contributed by atoms with E-state index in [-0.39, 0.29) is 23.7 Å². The molecule has 54 heavy (non-hydrogen) atoms. The third kappa shape index (κ3) is 9.58. The van der Waals surface area contributed by atoms with Crippen molar-refractivity contribution in [3.05, 3.63) is 114 Å². The van der Waals surface area contributed by atoms with Crippen molar-refractivity contribution in [3.8, 4) is 22.6 Å². The van der Waals surface area contributed by atoms with Gasteiger partial charge in [-0.1, -0.05) is 30.3 Å². The number of aromatic hydroxyl groups is 1. The first-order valence-electron chi connectivity index (χ1n) is 16.7. The number of anilines is 2. The summed E-state index contributed by atoms with van der Waals surface area (Å²) in [5, 5.41) is 20.5. The molecule has 1 saturated heterocycles. The number of nitrogens with zero attached hydrogens (tertiary/aromatic N) is 5. The zero-order chi connectivity index (χ0) is 38.3. The number of pyridine rings is 1. The molecule has 12 nitrogen and oxygen atoms in total. The number of thioether (sulfide) groups is 1. The maximum absolute atomic E-state index is 14.0. The van der Waals surface area contributed by atoms with Crippen LogP contribution in [0.3, 0.4) is 0 Å². The van der Waals surface area contributed by atoms with Crippen LogP contribution in [0.5, 0.6) is 11.5 Å². The van der Waals surface area contributed by atoms with E-state index in [9.17, 15) is 31.5 Å². The molecule has 0 unspecified atom stereocenters. The van der Waals surface area contributed by atoms with Crippen molar-refractivity contribution in [1.29, 1.82) is 0 Å². The molecule has 0 spiro atoms. The lowest BCUT2D eigenvalue weighted by Crippen LogP contribution is -2.46. The predicted octanol–water partition coefficient (Wildman–Crippen LogP) is 5.92. The predicted molar refractivity (Wildman–Crippen MR) is 199 cm³/mol. The summed E-state index contributed by atoms with van der Waals surface area (Å²) in [5.74, 6) is 0.606. The molecule has 2 aromatic heterocycles. The lowest BCUT2D eigenvalue weighted by Gasteiger charge is -2.35. The van der Waals surface area contributed by atoms with Crippen LogP contribution < -0.4 is 19.7 Å². The SMILES string of the molecule is COc1cc(-c2cncc(O)c2)ccc1CN1CCN(c2ccc(C(=O)NS(=O)(=O)c3ccc(NCCSc4ccccc4)c(C(F)(F)F)c3)nn2)CC1. The number of methoxy groups -OCH3 is 1. The average Bonchev–Trinajstić information content (AvgIpc) is 3.17. The Bertz CT molecular complexity index is 2190. The number of sulfonamides is 1. The Morgan fingerprint density at radius 1 is 0.926 bits per heavy atom. The van der Waals surface area contributed by atoms with E-state index < -0.39 is 32.6 Å². The quantitative estimate of drug-likeness (QED) is 0.0963. The van der Waals surface area contributed by atoms with Crippen LogP contribution in [0.25, 0.3) is 11.1 Å². The van der Waals surface area contributed by atoms with E-state index in [1.54, 1.807) is 30.2 Å². The number of ether oxygens (including phenoxy) is 1. The normalized spacial score (nSPS) is 13.7. The van der Waals surface area contributed by atoms with Crippen LogP contribution >= 0.6 is 11.8 Å². The number of hydrogen-bond donors (Lipinski definition) is 3. The second kappa shape index (κ2) is 16.7. The van der Waals surface area contributed by atoms with Gasteiger partial charge in [-0.25, -0.2) is 13.1 Å². The van der Waals surface area contributed by atoms with Gasteiger partial charge in [0, 0.05) is 72.9 Å². The van der Waals surface area contributed by atoms with Crippen LogP contribution in [0.15, 0.2) is 107 Å². The Kier molecular flexibility index (Phi) is 11.9. The second-order valence-corrected chi connectivity index (χ2v) is 15.1. The van der Waals surface area contributed by atoms with E-state index >= 15 is 0 Å². The van der Waals surface area contributed by atoms with Crippen molar-refractivity contribution >= 4 is 39.2 Å². The largest absolute Gasteiger partial charge is 0.506 e. The van der Waals surface area contributed by atoms with E-state index in [0.717, 1.165) is 33.7 Å². The van der Waals surface area contributed by atoms with Crippen molar-refractivity contribution in [3.63, 3.8) is 0 Å². The molecule has 0 aliphatic carbocycles. The number of carbonyl (C=O) groups excluding carboxylic acids is 1. The van der Waals surface area contributed by atoms with E-state index in [1.165, 1.54) is 24.0 Å². The van der Waals surface area contributed by atoms with Crippen LogP contribution in [0.2, 0.25) is 0 Å². The number of carbonyl (C=O) groups is 1. The molecule has 0 saturated carbocycles. The molecule has 282 valence electrons. The second-order valence-electron chi connectivity index (χ2n) is 12.2. The number of hydrogen-bond acceptors (Lipinski definition) is 12. The Morgan fingerprint density at radius 3 is 2.39 bits per heavy atom. The number of amides is 1. The first-order valence-corrected chi connectivity index (χ1v) is 19.2. The summed E-state index contributed by atoms with van der Waals surface area (Å²) < 4.78 is 75.4. The van der Waals surface area contributed by atoms with Crippen molar-refractivity contribution in [2.75, 3.05) is 55.8 Å². The van der Waals surface area contributed by atoms with E-state index in [1.807, 2.05) is 53.4 Å². The minimum atomic E-state index is -4.86. The van der Waals surface area contributed by atoms with Gasteiger partial charge in [0.25, 0.3) is 15.9 Å². The molecule has 3 N–H and O–H groups in total. The summed E-state index contributed by atoms with van der Waals surface area (Å²) in [7, 11) is -3.09. The monoisotopic (exact) mass is 779 g/mol. The van der Waals surface area contributed by atoms with Gasteiger partial charge in [-0.15, -0.1) is 22.0 Å². The molecule has 6 rings (SSSR count). The molecule has 1 fully saturated rings. The summed E-state index contributed by atoms with van der Waals surface area (Å²) in [6.07, 6.45) is -1.82. The van der Waals surface area contributed by atoms with E-state index in [0.29, 0.717) is 56.1 Å². The molecule has 0 radical (unpaired) electrons.